The van der Waals surface area contributed by atoms with Gasteiger partial charge in [-0.1, -0.05) is 0 Å². The van der Waals surface area contributed by atoms with Crippen molar-refractivity contribution >= 4 is 0 Å². The zero-order valence-corrected chi connectivity index (χ0v) is 6.25. The van der Waals surface area contributed by atoms with E-state index in [0.29, 0.717) is 0 Å². The molecular formula is C8H8O4. The van der Waals surface area contributed by atoms with Gasteiger partial charge in [0, 0.05) is 0 Å². The Morgan fingerprint density at radius 2 is 0.500 bits per heavy atom. The van der Waals surface area contributed by atoms with Gasteiger partial charge in [-0.15, -0.1) is 0 Å². The quantitative estimate of drug-likeness (QED) is 0.554. The van der Waals surface area contributed by atoms with E-state index in [2.05, 4.69) is 18.9 Å². The molecule has 4 nitrogen and oxygen atoms in total. The molecule has 0 radical (unpaired) electrons. The molecule has 2 heterocycles. The molecular weight excluding hydrogens is 160 g/mol. The lowest BCUT2D eigenvalue weighted by Gasteiger charge is -1.94. The summed E-state index contributed by atoms with van der Waals surface area (Å²) in [5.74, 6) is 0. The first-order valence-electron chi connectivity index (χ1n) is 3.22. The molecule has 0 aromatic rings. The molecule has 0 atom stereocenters. The van der Waals surface area contributed by atoms with E-state index in [9.17, 15) is 0 Å². The van der Waals surface area contributed by atoms with E-state index in [4.69, 9.17) is 0 Å². The number of hydrogen-bond donors (Lipinski definition) is 0. The highest BCUT2D eigenvalue weighted by Gasteiger charge is 1.75. The van der Waals surface area contributed by atoms with Crippen LogP contribution >= 0.6 is 0 Å². The molecule has 64 valence electrons. The highest BCUT2D eigenvalue weighted by atomic mass is 16.5. The first-order chi connectivity index (χ1) is 6.00. The summed E-state index contributed by atoms with van der Waals surface area (Å²) in [6, 6.07) is 0. The predicted molar refractivity (Wildman–Crippen MR) is 40.9 cm³/mol. The van der Waals surface area contributed by atoms with E-state index in [1.807, 2.05) is 0 Å². The van der Waals surface area contributed by atoms with Crippen molar-refractivity contribution in [3.05, 3.63) is 50.1 Å². The molecule has 0 aliphatic carbocycles. The van der Waals surface area contributed by atoms with Crippen molar-refractivity contribution in [1.29, 1.82) is 0 Å². The third kappa shape index (κ3) is 4.05. The van der Waals surface area contributed by atoms with Crippen molar-refractivity contribution in [3.8, 4) is 0 Å². The summed E-state index contributed by atoms with van der Waals surface area (Å²) in [4.78, 5) is 0. The fourth-order valence-corrected chi connectivity index (χ4v) is 0.438. The van der Waals surface area contributed by atoms with Crippen LogP contribution in [0.5, 0.6) is 0 Å². The predicted octanol–water partition coefficient (Wildman–Crippen LogP) is 1.95. The van der Waals surface area contributed by atoms with E-state index in [1.165, 1.54) is 50.1 Å². The van der Waals surface area contributed by atoms with Crippen molar-refractivity contribution in [2.45, 2.75) is 0 Å². The van der Waals surface area contributed by atoms with Crippen LogP contribution in [-0.2, 0) is 18.9 Å². The molecule has 0 amide bonds. The molecule has 0 spiro atoms. The third-order valence-corrected chi connectivity index (χ3v) is 0.851. The topological polar surface area (TPSA) is 36.9 Å². The Labute approximate surface area is 70.0 Å². The summed E-state index contributed by atoms with van der Waals surface area (Å²) in [5.41, 5.74) is 0. The van der Waals surface area contributed by atoms with Crippen LogP contribution in [0.15, 0.2) is 50.1 Å². The maximum Gasteiger partial charge on any atom is 0.125 e. The van der Waals surface area contributed by atoms with Crippen molar-refractivity contribution in [3.63, 3.8) is 0 Å². The average molecular weight is 168 g/mol. The van der Waals surface area contributed by atoms with E-state index in [1.54, 1.807) is 0 Å². The monoisotopic (exact) mass is 168 g/mol. The van der Waals surface area contributed by atoms with Gasteiger partial charge in [0.2, 0.25) is 0 Å². The van der Waals surface area contributed by atoms with Gasteiger partial charge in [0.25, 0.3) is 0 Å². The van der Waals surface area contributed by atoms with Crippen molar-refractivity contribution < 1.29 is 18.9 Å². The van der Waals surface area contributed by atoms with Crippen LogP contribution in [0.4, 0.5) is 0 Å². The van der Waals surface area contributed by atoms with Gasteiger partial charge in [-0.2, -0.15) is 0 Å². The summed E-state index contributed by atoms with van der Waals surface area (Å²) in [7, 11) is 0. The number of ether oxygens (including phenoxy) is 4. The minimum Gasteiger partial charge on any atom is -0.466 e. The van der Waals surface area contributed by atoms with Crippen LogP contribution in [0.25, 0.3) is 0 Å². The molecule has 0 N–H and O–H groups in total. The maximum absolute atomic E-state index is 4.58. The molecule has 0 saturated heterocycles. The van der Waals surface area contributed by atoms with Gasteiger partial charge >= 0.3 is 0 Å². The molecule has 0 fully saturated rings. The summed E-state index contributed by atoms with van der Waals surface area (Å²) < 4.78 is 18.3. The Hall–Kier alpha value is -1.84. The van der Waals surface area contributed by atoms with Crippen LogP contribution in [0.2, 0.25) is 0 Å². The highest BCUT2D eigenvalue weighted by molar-refractivity contribution is 4.77. The lowest BCUT2D eigenvalue weighted by atomic mass is 10.9. The minimum atomic E-state index is 1.46. The minimum absolute atomic E-state index is 1.46. The van der Waals surface area contributed by atoms with Gasteiger partial charge in [-0.3, -0.25) is 0 Å². The normalized spacial score (nSPS) is 16.0. The summed E-state index contributed by atoms with van der Waals surface area (Å²) in [6.07, 6.45) is 11.7. The lowest BCUT2D eigenvalue weighted by molar-refractivity contribution is 0.290. The first-order valence-corrected chi connectivity index (χ1v) is 3.22. The van der Waals surface area contributed by atoms with Crippen LogP contribution in [0, 0.1) is 0 Å². The second-order valence-corrected chi connectivity index (χ2v) is 1.63. The second-order valence-electron chi connectivity index (χ2n) is 1.63. The zero-order valence-electron chi connectivity index (χ0n) is 6.25. The SMILES string of the molecule is C1=COC=CO1.C1=COC=CO1. The maximum atomic E-state index is 4.58. The zero-order chi connectivity index (χ0) is 8.49. The number of rotatable bonds is 0. The van der Waals surface area contributed by atoms with Gasteiger partial charge in [-0.25, -0.2) is 0 Å². The van der Waals surface area contributed by atoms with Gasteiger partial charge in [-0.05, 0) is 0 Å². The van der Waals surface area contributed by atoms with E-state index < -0.39 is 0 Å². The second kappa shape index (κ2) is 5.91. The van der Waals surface area contributed by atoms with E-state index in [0.717, 1.165) is 0 Å². The Kier molecular flexibility index (Phi) is 4.07. The largest absolute Gasteiger partial charge is 0.466 e. The van der Waals surface area contributed by atoms with Gasteiger partial charge in [0.15, 0.2) is 0 Å². The number of hydrogen-bond acceptors (Lipinski definition) is 4. The molecule has 2 rings (SSSR count). The molecule has 0 unspecified atom stereocenters. The van der Waals surface area contributed by atoms with Crippen molar-refractivity contribution in [2.24, 2.45) is 0 Å². The third-order valence-electron chi connectivity index (χ3n) is 0.851. The summed E-state index contributed by atoms with van der Waals surface area (Å²) in [5, 5.41) is 0. The van der Waals surface area contributed by atoms with E-state index >= 15 is 0 Å². The fourth-order valence-electron chi connectivity index (χ4n) is 0.438. The molecule has 0 aromatic heterocycles. The Balaban J connectivity index is 0.000000120. The highest BCUT2D eigenvalue weighted by Crippen LogP contribution is 1.89. The van der Waals surface area contributed by atoms with Gasteiger partial charge in [0.05, 0.1) is 0 Å². The summed E-state index contributed by atoms with van der Waals surface area (Å²) in [6.45, 7) is 0. The lowest BCUT2D eigenvalue weighted by Crippen LogP contribution is -1.74. The molecule has 0 saturated carbocycles. The summed E-state index contributed by atoms with van der Waals surface area (Å²) >= 11 is 0. The van der Waals surface area contributed by atoms with Crippen LogP contribution < -0.4 is 0 Å². The molecule has 4 heteroatoms. The average Bonchev–Trinajstić information content (AvgIpc) is 2.24. The van der Waals surface area contributed by atoms with E-state index in [-0.39, 0.29) is 0 Å². The standard InChI is InChI=1S/2C4H4O2/c2*1-2-6-4-3-5-1/h2*1-4H. The van der Waals surface area contributed by atoms with Gasteiger partial charge < -0.3 is 18.9 Å². The van der Waals surface area contributed by atoms with Crippen LogP contribution in [-0.4, -0.2) is 0 Å². The van der Waals surface area contributed by atoms with Gasteiger partial charge in [0.1, 0.15) is 50.1 Å². The molecule has 12 heavy (non-hydrogen) atoms. The first kappa shape index (κ1) is 8.26. The van der Waals surface area contributed by atoms with Crippen LogP contribution in [0.1, 0.15) is 0 Å². The molecule has 0 bridgehead atoms. The Morgan fingerprint density at radius 3 is 0.583 bits per heavy atom. The smallest absolute Gasteiger partial charge is 0.125 e. The molecule has 2 aliphatic heterocycles. The molecule has 0 aromatic carbocycles. The fraction of sp³-hybridized carbons (Fsp3) is 0. The van der Waals surface area contributed by atoms with Crippen LogP contribution in [0.3, 0.4) is 0 Å². The molecule has 2 aliphatic rings. The Bertz CT molecular complexity index is 151. The van der Waals surface area contributed by atoms with Crippen molar-refractivity contribution in [2.75, 3.05) is 0 Å². The van der Waals surface area contributed by atoms with Crippen molar-refractivity contribution in [1.82, 2.24) is 0 Å². The Morgan fingerprint density at radius 1 is 0.333 bits per heavy atom.